The van der Waals surface area contributed by atoms with Crippen LogP contribution in [-0.2, 0) is 28.7 Å². The van der Waals surface area contributed by atoms with Crippen LogP contribution >= 0.6 is 11.3 Å². The number of rotatable bonds is 8. The lowest BCUT2D eigenvalue weighted by atomic mass is 10.1. The number of amides is 2. The van der Waals surface area contributed by atoms with Gasteiger partial charge in [0, 0.05) is 26.2 Å². The molecule has 6 rings (SSSR count). The molecule has 0 bridgehead atoms. The molecule has 4 aromatic rings. The van der Waals surface area contributed by atoms with Gasteiger partial charge in [0.25, 0.3) is 11.5 Å². The Morgan fingerprint density at radius 2 is 1.92 bits per heavy atom. The predicted molar refractivity (Wildman–Crippen MR) is 169 cm³/mol. The van der Waals surface area contributed by atoms with Crippen LogP contribution in [0.3, 0.4) is 0 Å². The van der Waals surface area contributed by atoms with E-state index >= 15 is 0 Å². The Morgan fingerprint density at radius 1 is 1.15 bits per heavy atom. The third-order valence-corrected chi connectivity index (χ3v) is 9.18. The summed E-state index contributed by atoms with van der Waals surface area (Å²) in [5.74, 6) is -0.188. The number of alkyl halides is 3. The SMILES string of the molecule is CCc1c(N2CCN(C(=O)c3ncnc(C)c3OC)CC2)c(=O)n2nc(C3=CCOCC3)nc2n1CC(=O)Nc1ccc(C(F)(F)F)s1. The predicted octanol–water partition coefficient (Wildman–Crippen LogP) is 3.05. The van der Waals surface area contributed by atoms with Gasteiger partial charge in [-0.25, -0.2) is 9.97 Å². The Hall–Kier alpha value is -4.84. The van der Waals surface area contributed by atoms with Gasteiger partial charge in [-0.1, -0.05) is 13.0 Å². The molecule has 48 heavy (non-hydrogen) atoms. The molecule has 0 radical (unpaired) electrons. The van der Waals surface area contributed by atoms with Gasteiger partial charge in [0.15, 0.2) is 17.3 Å². The van der Waals surface area contributed by atoms with Gasteiger partial charge < -0.3 is 29.2 Å². The van der Waals surface area contributed by atoms with Crippen molar-refractivity contribution >= 4 is 45.2 Å². The Morgan fingerprint density at radius 3 is 2.56 bits per heavy atom. The number of methoxy groups -OCH3 is 1. The highest BCUT2D eigenvalue weighted by Crippen LogP contribution is 2.36. The molecule has 2 aliphatic rings. The van der Waals surface area contributed by atoms with E-state index in [1.165, 1.54) is 19.5 Å². The number of piperazine rings is 1. The zero-order chi connectivity index (χ0) is 34.2. The zero-order valence-corrected chi connectivity index (χ0v) is 27.2. The fourth-order valence-corrected chi connectivity index (χ4v) is 6.60. The summed E-state index contributed by atoms with van der Waals surface area (Å²) in [7, 11) is 1.45. The van der Waals surface area contributed by atoms with Crippen LogP contribution in [0.15, 0.2) is 29.3 Å². The summed E-state index contributed by atoms with van der Waals surface area (Å²) in [4.78, 5) is 56.4. The maximum atomic E-state index is 14.1. The Labute approximate surface area is 275 Å². The van der Waals surface area contributed by atoms with Crippen LogP contribution in [0.4, 0.5) is 23.9 Å². The molecule has 0 saturated carbocycles. The number of nitrogens with zero attached hydrogens (tertiary/aromatic N) is 8. The van der Waals surface area contributed by atoms with Crippen LogP contribution in [0.2, 0.25) is 0 Å². The van der Waals surface area contributed by atoms with Crippen LogP contribution < -0.4 is 20.5 Å². The Bertz CT molecular complexity index is 1960. The molecule has 4 aromatic heterocycles. The molecule has 18 heteroatoms. The highest BCUT2D eigenvalue weighted by Gasteiger charge is 2.33. The smallest absolute Gasteiger partial charge is 0.425 e. The van der Waals surface area contributed by atoms with Gasteiger partial charge in [-0.2, -0.15) is 22.7 Å². The average Bonchev–Trinajstić information content (AvgIpc) is 3.74. The number of hydrogen-bond acceptors (Lipinski definition) is 11. The number of hydrogen-bond donors (Lipinski definition) is 1. The molecular weight excluding hydrogens is 655 g/mol. The molecule has 2 aliphatic heterocycles. The number of nitrogens with one attached hydrogen (secondary N) is 1. The number of halogens is 3. The number of aryl methyl sites for hydroxylation is 1. The minimum absolute atomic E-state index is 0.0356. The fraction of sp³-hybridized carbons (Fsp3) is 0.433. The van der Waals surface area contributed by atoms with E-state index in [-0.39, 0.29) is 55.1 Å². The van der Waals surface area contributed by atoms with Crippen LogP contribution in [0, 0.1) is 6.92 Å². The summed E-state index contributed by atoms with van der Waals surface area (Å²) in [5, 5.41) is 7.12. The molecule has 0 spiro atoms. The summed E-state index contributed by atoms with van der Waals surface area (Å²) < 4.78 is 53.0. The van der Waals surface area contributed by atoms with Gasteiger partial charge in [0.1, 0.15) is 23.4 Å². The van der Waals surface area contributed by atoms with Gasteiger partial charge >= 0.3 is 6.18 Å². The van der Waals surface area contributed by atoms with E-state index in [4.69, 9.17) is 9.47 Å². The van der Waals surface area contributed by atoms with Crippen molar-refractivity contribution in [3.63, 3.8) is 0 Å². The number of carbonyl (C=O) groups excluding carboxylic acids is 2. The topological polar surface area (TPSA) is 149 Å². The van der Waals surface area contributed by atoms with Crippen molar-refractivity contribution in [1.82, 2.24) is 34.0 Å². The first-order valence-corrected chi connectivity index (χ1v) is 16.0. The minimum atomic E-state index is -4.53. The van der Waals surface area contributed by atoms with Gasteiger partial charge in [0.05, 0.1) is 36.7 Å². The van der Waals surface area contributed by atoms with Crippen molar-refractivity contribution in [3.8, 4) is 5.75 Å². The lowest BCUT2D eigenvalue weighted by Crippen LogP contribution is -2.51. The number of fused-ring (bicyclic) bond motifs is 1. The van der Waals surface area contributed by atoms with Crippen molar-refractivity contribution in [1.29, 1.82) is 0 Å². The first kappa shape index (κ1) is 33.1. The molecule has 0 aliphatic carbocycles. The summed E-state index contributed by atoms with van der Waals surface area (Å²) >= 11 is 0.422. The van der Waals surface area contributed by atoms with Gasteiger partial charge in [0.2, 0.25) is 11.7 Å². The van der Waals surface area contributed by atoms with Crippen molar-refractivity contribution in [3.05, 3.63) is 62.7 Å². The molecule has 1 N–H and O–H groups in total. The van der Waals surface area contributed by atoms with Gasteiger partial charge in [-0.3, -0.25) is 14.4 Å². The summed E-state index contributed by atoms with van der Waals surface area (Å²) in [6.07, 6.45) is -0.541. The normalized spacial score (nSPS) is 15.5. The lowest BCUT2D eigenvalue weighted by Gasteiger charge is -2.36. The van der Waals surface area contributed by atoms with Crippen LogP contribution in [0.25, 0.3) is 11.4 Å². The third-order valence-electron chi connectivity index (χ3n) is 8.13. The van der Waals surface area contributed by atoms with Crippen LogP contribution in [0.5, 0.6) is 5.75 Å². The maximum Gasteiger partial charge on any atom is 0.425 e. The molecule has 254 valence electrons. The first-order valence-electron chi connectivity index (χ1n) is 15.2. The van der Waals surface area contributed by atoms with E-state index in [1.807, 2.05) is 17.9 Å². The van der Waals surface area contributed by atoms with E-state index in [1.54, 1.807) is 16.4 Å². The Balaban J connectivity index is 1.34. The van der Waals surface area contributed by atoms with Crippen LogP contribution in [-0.4, -0.2) is 92.3 Å². The Kier molecular flexibility index (Phi) is 9.20. The molecular formula is C30H32F3N9O5S. The van der Waals surface area contributed by atoms with Gasteiger partial charge in [-0.05, 0) is 37.5 Å². The summed E-state index contributed by atoms with van der Waals surface area (Å²) in [5.41, 5.74) is 1.83. The molecule has 0 atom stereocenters. The zero-order valence-electron chi connectivity index (χ0n) is 26.3. The standard InChI is InChI=1S/C30H32F3N9O5S/c1-4-19-24(39-9-11-40(12-10-39)27(44)23-25(46-3)17(2)34-16-35-23)28(45)42-29(37-26(38-42)18-7-13-47-14-8-18)41(19)15-21(43)36-22-6-5-20(48-22)30(31,32)33/h5-7,16H,4,8-15H2,1-3H3,(H,36,43). The molecule has 6 heterocycles. The molecule has 2 amide bonds. The first-order chi connectivity index (χ1) is 23.0. The number of carbonyl (C=O) groups is 2. The van der Waals surface area contributed by atoms with E-state index in [9.17, 15) is 27.6 Å². The highest BCUT2D eigenvalue weighted by atomic mass is 32.1. The van der Waals surface area contributed by atoms with Gasteiger partial charge in [-0.15, -0.1) is 16.4 Å². The molecule has 0 unspecified atom stereocenters. The third kappa shape index (κ3) is 6.36. The molecule has 14 nitrogen and oxygen atoms in total. The number of ether oxygens (including phenoxy) is 2. The highest BCUT2D eigenvalue weighted by molar-refractivity contribution is 7.16. The molecule has 0 aromatic carbocycles. The summed E-state index contributed by atoms with van der Waals surface area (Å²) in [6, 6.07) is 2.11. The largest absolute Gasteiger partial charge is 0.492 e. The average molecular weight is 688 g/mol. The number of anilines is 2. The van der Waals surface area contributed by atoms with Crippen LogP contribution in [0.1, 0.15) is 45.9 Å². The number of thiophene rings is 1. The van der Waals surface area contributed by atoms with Crippen molar-refractivity contribution in [2.45, 2.75) is 39.4 Å². The van der Waals surface area contributed by atoms with E-state index in [0.29, 0.717) is 66.0 Å². The van der Waals surface area contributed by atoms with E-state index in [2.05, 4.69) is 25.4 Å². The quantitative estimate of drug-likeness (QED) is 0.293. The van der Waals surface area contributed by atoms with Crippen molar-refractivity contribution in [2.75, 3.05) is 56.7 Å². The minimum Gasteiger partial charge on any atom is -0.492 e. The van der Waals surface area contributed by atoms with Crippen molar-refractivity contribution in [2.24, 2.45) is 0 Å². The number of aromatic nitrogens is 6. The maximum absolute atomic E-state index is 14.1. The molecule has 1 saturated heterocycles. The van der Waals surface area contributed by atoms with E-state index < -0.39 is 22.5 Å². The lowest BCUT2D eigenvalue weighted by molar-refractivity contribution is -0.134. The van der Waals surface area contributed by atoms with E-state index in [0.717, 1.165) is 16.2 Å². The molecule has 1 fully saturated rings. The second-order valence-electron chi connectivity index (χ2n) is 11.1. The summed E-state index contributed by atoms with van der Waals surface area (Å²) in [6.45, 7) is 5.15. The second kappa shape index (κ2) is 13.3. The van der Waals surface area contributed by atoms with Crippen molar-refractivity contribution < 1.29 is 32.2 Å². The second-order valence-corrected chi connectivity index (χ2v) is 12.2. The fourth-order valence-electron chi connectivity index (χ4n) is 5.81. The monoisotopic (exact) mass is 687 g/mol.